The third-order valence-corrected chi connectivity index (χ3v) is 5.28. The van der Waals surface area contributed by atoms with E-state index in [4.69, 9.17) is 16.3 Å². The molecule has 0 heterocycles. The van der Waals surface area contributed by atoms with E-state index in [1.807, 2.05) is 12.1 Å². The lowest BCUT2D eigenvalue weighted by Gasteiger charge is -2.18. The third-order valence-electron chi connectivity index (χ3n) is 3.82. The minimum Gasteiger partial charge on any atom is -0.484 e. The maximum absolute atomic E-state index is 12.2. The van der Waals surface area contributed by atoms with Crippen LogP contribution in [0.15, 0.2) is 48.5 Å². The van der Waals surface area contributed by atoms with Gasteiger partial charge in [0.2, 0.25) is 10.0 Å². The molecule has 6 nitrogen and oxygen atoms in total. The summed E-state index contributed by atoms with van der Waals surface area (Å²) >= 11 is 5.85. The molecule has 0 fully saturated rings. The number of ether oxygens (including phenoxy) is 1. The molecule has 2 aromatic rings. The van der Waals surface area contributed by atoms with Crippen LogP contribution in [0.5, 0.6) is 5.75 Å². The Balaban J connectivity index is 1.89. The Morgan fingerprint density at radius 1 is 1.04 bits per heavy atom. The van der Waals surface area contributed by atoms with Crippen molar-refractivity contribution < 1.29 is 17.9 Å². The molecule has 0 saturated heterocycles. The summed E-state index contributed by atoms with van der Waals surface area (Å²) in [5.74, 6) is 0.321. The average molecular weight is 397 g/mol. The summed E-state index contributed by atoms with van der Waals surface area (Å²) in [5, 5.41) is 0.649. The van der Waals surface area contributed by atoms with Gasteiger partial charge in [-0.2, -0.15) is 0 Å². The minimum atomic E-state index is -3.31. The van der Waals surface area contributed by atoms with Gasteiger partial charge < -0.3 is 9.64 Å². The van der Waals surface area contributed by atoms with Crippen molar-refractivity contribution in [2.45, 2.75) is 6.54 Å². The molecular formula is C18H21ClN2O4S. The molecule has 0 saturated carbocycles. The summed E-state index contributed by atoms with van der Waals surface area (Å²) in [5.41, 5.74) is 1.49. The third kappa shape index (κ3) is 5.64. The van der Waals surface area contributed by atoms with Crippen molar-refractivity contribution in [1.82, 2.24) is 4.90 Å². The van der Waals surface area contributed by atoms with Gasteiger partial charge in [0, 0.05) is 25.7 Å². The summed E-state index contributed by atoms with van der Waals surface area (Å²) in [6.45, 7) is 0.350. The number of benzene rings is 2. The van der Waals surface area contributed by atoms with E-state index in [1.54, 1.807) is 48.3 Å². The second-order valence-corrected chi connectivity index (χ2v) is 8.34. The lowest BCUT2D eigenvalue weighted by Crippen LogP contribution is -2.30. The number of carbonyl (C=O) groups excluding carboxylic acids is 1. The monoisotopic (exact) mass is 396 g/mol. The highest BCUT2D eigenvalue weighted by molar-refractivity contribution is 7.92. The summed E-state index contributed by atoms with van der Waals surface area (Å²) in [7, 11) is -0.143. The van der Waals surface area contributed by atoms with Gasteiger partial charge in [-0.3, -0.25) is 9.10 Å². The smallest absolute Gasteiger partial charge is 0.260 e. The lowest BCUT2D eigenvalue weighted by molar-refractivity contribution is -0.132. The molecule has 0 bridgehead atoms. The molecule has 0 aliphatic heterocycles. The Kier molecular flexibility index (Phi) is 6.50. The number of sulfonamides is 1. The van der Waals surface area contributed by atoms with Crippen molar-refractivity contribution in [2.75, 3.05) is 31.3 Å². The van der Waals surface area contributed by atoms with Gasteiger partial charge in [-0.15, -0.1) is 0 Å². The highest BCUT2D eigenvalue weighted by atomic mass is 35.5. The molecule has 140 valence electrons. The highest BCUT2D eigenvalue weighted by Gasteiger charge is 2.13. The standard InChI is InChI=1S/C18H21ClN2O4S/c1-20(12-14-4-6-15(19)7-5-14)18(22)13-25-17-10-8-16(9-11-17)21(2)26(3,23)24/h4-11H,12-13H2,1-3H3. The zero-order valence-electron chi connectivity index (χ0n) is 14.8. The number of amides is 1. The number of halogens is 1. The van der Waals surface area contributed by atoms with Crippen molar-refractivity contribution in [3.05, 3.63) is 59.1 Å². The Labute approximate surface area is 159 Å². The second kappa shape index (κ2) is 8.42. The van der Waals surface area contributed by atoms with E-state index in [-0.39, 0.29) is 12.5 Å². The molecule has 26 heavy (non-hydrogen) atoms. The zero-order chi connectivity index (χ0) is 19.3. The molecule has 0 radical (unpaired) electrons. The lowest BCUT2D eigenvalue weighted by atomic mass is 10.2. The van der Waals surface area contributed by atoms with Crippen molar-refractivity contribution >= 4 is 33.2 Å². The first-order valence-corrected chi connectivity index (χ1v) is 10.0. The molecule has 0 unspecified atom stereocenters. The number of anilines is 1. The van der Waals surface area contributed by atoms with Gasteiger partial charge in [0.25, 0.3) is 5.91 Å². The normalized spacial score (nSPS) is 11.1. The fourth-order valence-corrected chi connectivity index (χ4v) is 2.78. The van der Waals surface area contributed by atoms with Crippen LogP contribution in [0.4, 0.5) is 5.69 Å². The molecule has 2 rings (SSSR count). The van der Waals surface area contributed by atoms with Crippen LogP contribution in [0.2, 0.25) is 5.02 Å². The summed E-state index contributed by atoms with van der Waals surface area (Å²) in [6, 6.07) is 13.8. The van der Waals surface area contributed by atoms with E-state index < -0.39 is 10.0 Å². The molecule has 8 heteroatoms. The average Bonchev–Trinajstić information content (AvgIpc) is 2.60. The van der Waals surface area contributed by atoms with E-state index in [2.05, 4.69) is 0 Å². The Hall–Kier alpha value is -2.25. The van der Waals surface area contributed by atoms with Gasteiger partial charge in [-0.05, 0) is 42.0 Å². The molecule has 2 aromatic carbocycles. The van der Waals surface area contributed by atoms with Gasteiger partial charge in [0.15, 0.2) is 6.61 Å². The van der Waals surface area contributed by atoms with Gasteiger partial charge in [-0.25, -0.2) is 8.42 Å². The van der Waals surface area contributed by atoms with E-state index in [9.17, 15) is 13.2 Å². The van der Waals surface area contributed by atoms with Gasteiger partial charge in [-0.1, -0.05) is 23.7 Å². The van der Waals surface area contributed by atoms with Crippen LogP contribution in [0.3, 0.4) is 0 Å². The topological polar surface area (TPSA) is 66.9 Å². The summed E-state index contributed by atoms with van der Waals surface area (Å²) in [4.78, 5) is 13.7. The van der Waals surface area contributed by atoms with E-state index >= 15 is 0 Å². The first-order valence-electron chi connectivity index (χ1n) is 7.82. The van der Waals surface area contributed by atoms with E-state index in [0.717, 1.165) is 11.8 Å². The van der Waals surface area contributed by atoms with Crippen LogP contribution < -0.4 is 9.04 Å². The molecule has 0 aliphatic rings. The number of likely N-dealkylation sites (N-methyl/N-ethyl adjacent to an activating group) is 1. The largest absolute Gasteiger partial charge is 0.484 e. The van der Waals surface area contributed by atoms with Gasteiger partial charge in [0.05, 0.1) is 11.9 Å². The Bertz CT molecular complexity index is 852. The summed E-state index contributed by atoms with van der Waals surface area (Å²) < 4.78 is 29.7. The van der Waals surface area contributed by atoms with Crippen molar-refractivity contribution in [2.24, 2.45) is 0 Å². The predicted molar refractivity (Wildman–Crippen MR) is 103 cm³/mol. The van der Waals surface area contributed by atoms with Gasteiger partial charge >= 0.3 is 0 Å². The Morgan fingerprint density at radius 3 is 2.15 bits per heavy atom. The Morgan fingerprint density at radius 2 is 1.62 bits per heavy atom. The van der Waals surface area contributed by atoms with Crippen molar-refractivity contribution in [1.29, 1.82) is 0 Å². The molecule has 0 aliphatic carbocycles. The molecule has 0 N–H and O–H groups in total. The zero-order valence-corrected chi connectivity index (χ0v) is 16.4. The SMILES string of the molecule is CN(Cc1ccc(Cl)cc1)C(=O)COc1ccc(N(C)S(C)(=O)=O)cc1. The predicted octanol–water partition coefficient (Wildman–Crippen LogP) is 2.77. The fourth-order valence-electron chi connectivity index (χ4n) is 2.15. The first kappa shape index (κ1) is 20.1. The van der Waals surface area contributed by atoms with E-state index in [1.165, 1.54) is 11.4 Å². The number of nitrogens with zero attached hydrogens (tertiary/aromatic N) is 2. The highest BCUT2D eigenvalue weighted by Crippen LogP contribution is 2.20. The van der Waals surface area contributed by atoms with Crippen LogP contribution in [0, 0.1) is 0 Å². The van der Waals surface area contributed by atoms with Crippen LogP contribution in [0.1, 0.15) is 5.56 Å². The molecule has 0 atom stereocenters. The second-order valence-electron chi connectivity index (χ2n) is 5.89. The van der Waals surface area contributed by atoms with Crippen LogP contribution in [-0.2, 0) is 21.4 Å². The number of rotatable bonds is 7. The quantitative estimate of drug-likeness (QED) is 0.721. The number of hydrogen-bond donors (Lipinski definition) is 0. The maximum Gasteiger partial charge on any atom is 0.260 e. The number of hydrogen-bond acceptors (Lipinski definition) is 4. The molecule has 0 spiro atoms. The number of carbonyl (C=O) groups is 1. The van der Waals surface area contributed by atoms with Crippen molar-refractivity contribution in [3.63, 3.8) is 0 Å². The molecule has 0 aromatic heterocycles. The van der Waals surface area contributed by atoms with Crippen LogP contribution >= 0.6 is 11.6 Å². The molecular weight excluding hydrogens is 376 g/mol. The van der Waals surface area contributed by atoms with Crippen LogP contribution in [0.25, 0.3) is 0 Å². The van der Waals surface area contributed by atoms with Crippen LogP contribution in [-0.4, -0.2) is 46.2 Å². The first-order chi connectivity index (χ1) is 12.2. The minimum absolute atomic E-state index is 0.106. The van der Waals surface area contributed by atoms with Gasteiger partial charge in [0.1, 0.15) is 5.75 Å². The fraction of sp³-hybridized carbons (Fsp3) is 0.278. The summed E-state index contributed by atoms with van der Waals surface area (Å²) in [6.07, 6.45) is 1.13. The van der Waals surface area contributed by atoms with E-state index in [0.29, 0.717) is 23.0 Å². The molecule has 1 amide bonds. The maximum atomic E-state index is 12.2. The van der Waals surface area contributed by atoms with Crippen molar-refractivity contribution in [3.8, 4) is 5.75 Å².